The van der Waals surface area contributed by atoms with E-state index in [9.17, 15) is 9.90 Å². The summed E-state index contributed by atoms with van der Waals surface area (Å²) in [6, 6.07) is 3.40. The summed E-state index contributed by atoms with van der Waals surface area (Å²) in [7, 11) is 0. The predicted molar refractivity (Wildman–Crippen MR) is 66.9 cm³/mol. The van der Waals surface area contributed by atoms with E-state index in [0.717, 1.165) is 0 Å². The fraction of sp³-hybridized carbons (Fsp3) is 0.462. The Labute approximate surface area is 106 Å². The van der Waals surface area contributed by atoms with Crippen molar-refractivity contribution in [3.63, 3.8) is 0 Å². The summed E-state index contributed by atoms with van der Waals surface area (Å²) in [6.07, 6.45) is 0. The molecule has 98 valence electrons. The molecule has 1 heterocycles. The second-order valence-electron chi connectivity index (χ2n) is 4.63. The molecule has 1 amide bonds. The lowest BCUT2D eigenvalue weighted by Crippen LogP contribution is -2.45. The van der Waals surface area contributed by atoms with Gasteiger partial charge in [0, 0.05) is 0 Å². The van der Waals surface area contributed by atoms with Gasteiger partial charge in [-0.25, -0.2) is 0 Å². The number of ether oxygens (including phenoxy) is 2. The molecule has 5 heteroatoms. The van der Waals surface area contributed by atoms with Crippen LogP contribution in [-0.4, -0.2) is 23.2 Å². The van der Waals surface area contributed by atoms with Crippen molar-refractivity contribution in [2.75, 3.05) is 11.9 Å². The van der Waals surface area contributed by atoms with Crippen LogP contribution in [0.4, 0.5) is 5.69 Å². The molecule has 0 saturated carbocycles. The van der Waals surface area contributed by atoms with Crippen LogP contribution in [-0.2, 0) is 11.4 Å². The summed E-state index contributed by atoms with van der Waals surface area (Å²) in [5.41, 5.74) is 0.273. The second-order valence-corrected chi connectivity index (χ2v) is 4.63. The monoisotopic (exact) mass is 251 g/mol. The van der Waals surface area contributed by atoms with Gasteiger partial charge in [-0.3, -0.25) is 4.79 Å². The molecule has 18 heavy (non-hydrogen) atoms. The molecule has 1 aliphatic rings. The molecule has 0 aliphatic carbocycles. The summed E-state index contributed by atoms with van der Waals surface area (Å²) >= 11 is 0. The van der Waals surface area contributed by atoms with Crippen LogP contribution in [0, 0.1) is 0 Å². The first kappa shape index (κ1) is 12.7. The minimum absolute atomic E-state index is 0.118. The first-order valence-electron chi connectivity index (χ1n) is 5.89. The summed E-state index contributed by atoms with van der Waals surface area (Å²) in [5, 5.41) is 12.0. The number of amides is 1. The molecule has 0 aromatic heterocycles. The third kappa shape index (κ3) is 2.13. The van der Waals surface area contributed by atoms with E-state index in [-0.39, 0.29) is 12.5 Å². The molecule has 0 radical (unpaired) electrons. The quantitative estimate of drug-likeness (QED) is 0.857. The maximum absolute atomic E-state index is 11.8. The largest absolute Gasteiger partial charge is 0.490 e. The molecule has 1 aromatic carbocycles. The van der Waals surface area contributed by atoms with Crippen molar-refractivity contribution in [3.8, 4) is 11.5 Å². The molecule has 2 rings (SSSR count). The first-order valence-corrected chi connectivity index (χ1v) is 5.89. The number of hydrogen-bond acceptors (Lipinski definition) is 4. The Morgan fingerprint density at radius 2 is 2.17 bits per heavy atom. The molecule has 0 atom stereocenters. The van der Waals surface area contributed by atoms with Crippen molar-refractivity contribution in [3.05, 3.63) is 17.7 Å². The highest BCUT2D eigenvalue weighted by Gasteiger charge is 2.37. The van der Waals surface area contributed by atoms with Gasteiger partial charge in [0.15, 0.2) is 17.1 Å². The van der Waals surface area contributed by atoms with Crippen LogP contribution < -0.4 is 14.8 Å². The van der Waals surface area contributed by atoms with Crippen molar-refractivity contribution in [2.24, 2.45) is 0 Å². The van der Waals surface area contributed by atoms with Crippen molar-refractivity contribution in [1.29, 1.82) is 0 Å². The van der Waals surface area contributed by atoms with E-state index in [4.69, 9.17) is 9.47 Å². The van der Waals surface area contributed by atoms with E-state index in [1.165, 1.54) is 0 Å². The zero-order chi connectivity index (χ0) is 13.3. The van der Waals surface area contributed by atoms with E-state index in [2.05, 4.69) is 5.32 Å². The third-order valence-electron chi connectivity index (χ3n) is 2.75. The summed E-state index contributed by atoms with van der Waals surface area (Å²) in [4.78, 5) is 11.8. The highest BCUT2D eigenvalue weighted by atomic mass is 16.5. The van der Waals surface area contributed by atoms with Gasteiger partial charge in [-0.15, -0.1) is 0 Å². The first-order chi connectivity index (χ1) is 8.47. The third-order valence-corrected chi connectivity index (χ3v) is 2.75. The molecule has 0 fully saturated rings. The summed E-state index contributed by atoms with van der Waals surface area (Å²) in [5.74, 6) is 0.832. The van der Waals surface area contributed by atoms with Crippen LogP contribution in [0.5, 0.6) is 11.5 Å². The zero-order valence-electron chi connectivity index (χ0n) is 10.7. The van der Waals surface area contributed by atoms with Crippen molar-refractivity contribution < 1.29 is 19.4 Å². The lowest BCUT2D eigenvalue weighted by molar-refractivity contribution is -0.129. The topological polar surface area (TPSA) is 67.8 Å². The fourth-order valence-corrected chi connectivity index (χ4v) is 1.79. The lowest BCUT2D eigenvalue weighted by atomic mass is 10.0. The molecular formula is C13H17NO4. The standard InChI is InChI=1S/C13H17NO4/c1-4-17-10-6-8(7-15)5-9-11(10)18-13(2,3)12(16)14-9/h5-6,15H,4,7H2,1-3H3,(H,14,16). The van der Waals surface area contributed by atoms with Gasteiger partial charge in [0.25, 0.3) is 5.91 Å². The highest BCUT2D eigenvalue weighted by Crippen LogP contribution is 2.42. The van der Waals surface area contributed by atoms with E-state index in [1.807, 2.05) is 6.92 Å². The Kier molecular flexibility index (Phi) is 3.17. The molecule has 2 N–H and O–H groups in total. The maximum atomic E-state index is 11.8. The van der Waals surface area contributed by atoms with Gasteiger partial charge in [-0.05, 0) is 38.5 Å². The van der Waals surface area contributed by atoms with E-state index >= 15 is 0 Å². The van der Waals surface area contributed by atoms with Gasteiger partial charge in [0.1, 0.15) is 0 Å². The second kappa shape index (κ2) is 4.49. The van der Waals surface area contributed by atoms with E-state index in [1.54, 1.807) is 26.0 Å². The Hall–Kier alpha value is -1.75. The van der Waals surface area contributed by atoms with E-state index < -0.39 is 5.60 Å². The van der Waals surface area contributed by atoms with Crippen molar-refractivity contribution in [2.45, 2.75) is 33.0 Å². The highest BCUT2D eigenvalue weighted by molar-refractivity contribution is 6.00. The van der Waals surface area contributed by atoms with Crippen LogP contribution in [0.3, 0.4) is 0 Å². The van der Waals surface area contributed by atoms with Crippen LogP contribution in [0.15, 0.2) is 12.1 Å². The van der Waals surface area contributed by atoms with Gasteiger partial charge < -0.3 is 19.9 Å². The number of aliphatic hydroxyl groups is 1. The minimum Gasteiger partial charge on any atom is -0.490 e. The van der Waals surface area contributed by atoms with Crippen LogP contribution in [0.2, 0.25) is 0 Å². The molecule has 0 spiro atoms. The maximum Gasteiger partial charge on any atom is 0.268 e. The molecule has 5 nitrogen and oxygen atoms in total. The zero-order valence-corrected chi connectivity index (χ0v) is 10.7. The smallest absolute Gasteiger partial charge is 0.268 e. The van der Waals surface area contributed by atoms with Gasteiger partial charge >= 0.3 is 0 Å². The van der Waals surface area contributed by atoms with Crippen LogP contribution >= 0.6 is 0 Å². The number of hydrogen-bond donors (Lipinski definition) is 2. The number of anilines is 1. The number of carbonyl (C=O) groups is 1. The fourth-order valence-electron chi connectivity index (χ4n) is 1.79. The normalized spacial score (nSPS) is 16.6. The van der Waals surface area contributed by atoms with Crippen molar-refractivity contribution >= 4 is 11.6 Å². The molecule has 0 saturated heterocycles. The molecule has 0 bridgehead atoms. The van der Waals surface area contributed by atoms with Gasteiger partial charge in [0.05, 0.1) is 18.9 Å². The Morgan fingerprint density at radius 1 is 1.44 bits per heavy atom. The number of aliphatic hydroxyl groups excluding tert-OH is 1. The number of fused-ring (bicyclic) bond motifs is 1. The SMILES string of the molecule is CCOc1cc(CO)cc2c1OC(C)(C)C(=O)N2. The van der Waals surface area contributed by atoms with E-state index in [0.29, 0.717) is 29.4 Å². The molecular weight excluding hydrogens is 234 g/mol. The molecule has 1 aromatic rings. The number of carbonyl (C=O) groups excluding carboxylic acids is 1. The summed E-state index contributed by atoms with van der Waals surface area (Å²) in [6.45, 7) is 5.62. The Balaban J connectivity index is 2.50. The number of nitrogens with one attached hydrogen (secondary N) is 1. The number of rotatable bonds is 3. The predicted octanol–water partition coefficient (Wildman–Crippen LogP) is 1.69. The molecule has 0 unspecified atom stereocenters. The molecule has 1 aliphatic heterocycles. The van der Waals surface area contributed by atoms with Gasteiger partial charge in [-0.2, -0.15) is 0 Å². The summed E-state index contributed by atoms with van der Waals surface area (Å²) < 4.78 is 11.2. The Morgan fingerprint density at radius 3 is 2.78 bits per heavy atom. The average Bonchev–Trinajstić information content (AvgIpc) is 2.31. The van der Waals surface area contributed by atoms with Crippen LogP contribution in [0.1, 0.15) is 26.3 Å². The van der Waals surface area contributed by atoms with Crippen LogP contribution in [0.25, 0.3) is 0 Å². The Bertz CT molecular complexity index is 482. The van der Waals surface area contributed by atoms with Crippen molar-refractivity contribution in [1.82, 2.24) is 0 Å². The number of benzene rings is 1. The lowest BCUT2D eigenvalue weighted by Gasteiger charge is -2.32. The van der Waals surface area contributed by atoms with Gasteiger partial charge in [-0.1, -0.05) is 0 Å². The average molecular weight is 251 g/mol. The van der Waals surface area contributed by atoms with Gasteiger partial charge in [0.2, 0.25) is 0 Å². The minimum atomic E-state index is -0.931.